The van der Waals surface area contributed by atoms with Gasteiger partial charge in [0, 0.05) is 36.8 Å². The first-order chi connectivity index (χ1) is 14.6. The van der Waals surface area contributed by atoms with Crippen LogP contribution >= 0.6 is 11.6 Å². The van der Waals surface area contributed by atoms with Crippen LogP contribution in [0.4, 0.5) is 4.39 Å². The van der Waals surface area contributed by atoms with E-state index in [9.17, 15) is 4.39 Å². The first-order valence-corrected chi connectivity index (χ1v) is 10.5. The summed E-state index contributed by atoms with van der Waals surface area (Å²) in [7, 11) is 1.67. The van der Waals surface area contributed by atoms with Gasteiger partial charge in [0.05, 0.1) is 13.3 Å². The van der Waals surface area contributed by atoms with Crippen LogP contribution in [-0.4, -0.2) is 30.0 Å². The molecule has 0 N–H and O–H groups in total. The number of hydrogen-bond acceptors (Lipinski definition) is 3. The van der Waals surface area contributed by atoms with E-state index in [1.807, 2.05) is 12.1 Å². The molecule has 1 unspecified atom stereocenters. The van der Waals surface area contributed by atoms with Crippen molar-refractivity contribution in [3.63, 3.8) is 0 Å². The van der Waals surface area contributed by atoms with Gasteiger partial charge in [0.1, 0.15) is 11.6 Å². The van der Waals surface area contributed by atoms with Gasteiger partial charge < -0.3 is 4.74 Å². The number of benzene rings is 3. The van der Waals surface area contributed by atoms with E-state index >= 15 is 0 Å². The molecule has 156 valence electrons. The molecule has 1 heterocycles. The zero-order valence-electron chi connectivity index (χ0n) is 17.3. The Morgan fingerprint density at radius 2 is 1.63 bits per heavy atom. The molecular weight excluding hydrogens is 399 g/mol. The Kier molecular flexibility index (Phi) is 6.38. The van der Waals surface area contributed by atoms with E-state index in [1.165, 1.54) is 17.2 Å². The summed E-state index contributed by atoms with van der Waals surface area (Å²) in [6.07, 6.45) is 0.0335. The van der Waals surface area contributed by atoms with Crippen molar-refractivity contribution in [2.45, 2.75) is 26.2 Å². The number of aryl methyl sites for hydroxylation is 1. The number of nitrogens with zero attached hydrogens (tertiary/aromatic N) is 2. The first kappa shape index (κ1) is 20.9. The van der Waals surface area contributed by atoms with Crippen molar-refractivity contribution in [2.24, 2.45) is 0 Å². The highest BCUT2D eigenvalue weighted by atomic mass is 35.5. The molecule has 0 saturated carbocycles. The van der Waals surface area contributed by atoms with E-state index in [1.54, 1.807) is 19.2 Å². The quantitative estimate of drug-likeness (QED) is 0.496. The summed E-state index contributed by atoms with van der Waals surface area (Å²) in [5.41, 5.74) is 4.30. The maximum absolute atomic E-state index is 14.5. The summed E-state index contributed by atoms with van der Waals surface area (Å²) in [5.74, 6) is 0.569. The van der Waals surface area contributed by atoms with E-state index in [-0.39, 0.29) is 12.0 Å². The second kappa shape index (κ2) is 9.17. The Hall–Kier alpha value is -2.40. The molecule has 0 bridgehead atoms. The molecule has 0 aliphatic carbocycles. The molecule has 1 saturated heterocycles. The van der Waals surface area contributed by atoms with Gasteiger partial charge in [-0.1, -0.05) is 54.1 Å². The Balaban J connectivity index is 1.66. The highest BCUT2D eigenvalue weighted by Gasteiger charge is 2.34. The average Bonchev–Trinajstić information content (AvgIpc) is 3.14. The Morgan fingerprint density at radius 3 is 2.30 bits per heavy atom. The van der Waals surface area contributed by atoms with Crippen LogP contribution in [0.15, 0.2) is 66.7 Å². The van der Waals surface area contributed by atoms with Gasteiger partial charge in [0.2, 0.25) is 0 Å². The van der Waals surface area contributed by atoms with Crippen molar-refractivity contribution in [2.75, 3.05) is 20.2 Å². The fourth-order valence-corrected chi connectivity index (χ4v) is 4.38. The highest BCUT2D eigenvalue weighted by Crippen LogP contribution is 2.35. The number of rotatable bonds is 6. The van der Waals surface area contributed by atoms with Crippen LogP contribution < -0.4 is 4.74 Å². The third-order valence-corrected chi connectivity index (χ3v) is 6.19. The van der Waals surface area contributed by atoms with Gasteiger partial charge in [-0.3, -0.25) is 9.80 Å². The Bertz CT molecular complexity index is 988. The molecule has 3 nitrogen and oxygen atoms in total. The first-order valence-electron chi connectivity index (χ1n) is 10.2. The van der Waals surface area contributed by atoms with E-state index < -0.39 is 0 Å². The molecule has 5 heteroatoms. The number of methoxy groups -OCH3 is 1. The Labute approximate surface area is 182 Å². The van der Waals surface area contributed by atoms with Crippen LogP contribution in [0.5, 0.6) is 5.75 Å². The third-order valence-electron chi connectivity index (χ3n) is 5.84. The van der Waals surface area contributed by atoms with Crippen molar-refractivity contribution in [1.82, 2.24) is 9.80 Å². The highest BCUT2D eigenvalue weighted by molar-refractivity contribution is 6.31. The Morgan fingerprint density at radius 1 is 0.933 bits per heavy atom. The van der Waals surface area contributed by atoms with Crippen molar-refractivity contribution in [3.8, 4) is 5.75 Å². The van der Waals surface area contributed by atoms with Gasteiger partial charge in [-0.2, -0.15) is 0 Å². The van der Waals surface area contributed by atoms with Gasteiger partial charge >= 0.3 is 0 Å². The molecule has 1 fully saturated rings. The number of halogens is 2. The smallest absolute Gasteiger partial charge is 0.129 e. The standard InChI is InChI=1S/C25H26ClFN2O/c1-18-6-3-4-7-20(18)16-28-14-15-29(17-22-23(26)8-5-9-24(22)27)25(28)19-10-12-21(30-2)13-11-19/h3-13,25H,14-17H2,1-2H3. The largest absolute Gasteiger partial charge is 0.497 e. The van der Waals surface area contributed by atoms with E-state index in [0.717, 1.165) is 30.9 Å². The van der Waals surface area contributed by atoms with Crippen LogP contribution in [0.3, 0.4) is 0 Å². The molecule has 3 aromatic carbocycles. The van der Waals surface area contributed by atoms with Gasteiger partial charge in [-0.25, -0.2) is 4.39 Å². The fraction of sp³-hybridized carbons (Fsp3) is 0.280. The molecular formula is C25H26ClFN2O. The number of hydrogen-bond donors (Lipinski definition) is 0. The summed E-state index contributed by atoms with van der Waals surface area (Å²) in [6, 6.07) is 21.5. The van der Waals surface area contributed by atoms with Crippen molar-refractivity contribution >= 4 is 11.6 Å². The lowest BCUT2D eigenvalue weighted by atomic mass is 10.1. The predicted octanol–water partition coefficient (Wildman–Crippen LogP) is 5.81. The summed E-state index contributed by atoms with van der Waals surface area (Å²) in [6.45, 7) is 5.19. The van der Waals surface area contributed by atoms with Crippen LogP contribution in [0.2, 0.25) is 5.02 Å². The molecule has 0 radical (unpaired) electrons. The zero-order valence-corrected chi connectivity index (χ0v) is 18.1. The van der Waals surface area contributed by atoms with Gasteiger partial charge in [0.15, 0.2) is 0 Å². The molecule has 0 amide bonds. The SMILES string of the molecule is COc1ccc(C2N(Cc3ccccc3C)CCN2Cc2c(F)cccc2Cl)cc1. The maximum atomic E-state index is 14.5. The average molecular weight is 425 g/mol. The van der Waals surface area contributed by atoms with Crippen LogP contribution in [0.1, 0.15) is 28.4 Å². The third kappa shape index (κ3) is 4.36. The fourth-order valence-electron chi connectivity index (χ4n) is 4.15. The predicted molar refractivity (Wildman–Crippen MR) is 119 cm³/mol. The summed E-state index contributed by atoms with van der Waals surface area (Å²) < 4.78 is 19.8. The monoisotopic (exact) mass is 424 g/mol. The summed E-state index contributed by atoms with van der Waals surface area (Å²) in [5, 5.41) is 0.473. The second-order valence-electron chi connectivity index (χ2n) is 7.71. The second-order valence-corrected chi connectivity index (χ2v) is 8.12. The van der Waals surface area contributed by atoms with Crippen molar-refractivity contribution < 1.29 is 9.13 Å². The molecule has 1 atom stereocenters. The minimum absolute atomic E-state index is 0.0335. The van der Waals surface area contributed by atoms with Gasteiger partial charge in [-0.15, -0.1) is 0 Å². The minimum Gasteiger partial charge on any atom is -0.497 e. The number of ether oxygens (including phenoxy) is 1. The van der Waals surface area contributed by atoms with Crippen molar-refractivity contribution in [3.05, 3.63) is 99.8 Å². The molecule has 0 aromatic heterocycles. The van der Waals surface area contributed by atoms with E-state index in [0.29, 0.717) is 17.1 Å². The molecule has 3 aromatic rings. The maximum Gasteiger partial charge on any atom is 0.129 e. The minimum atomic E-state index is -0.256. The van der Waals surface area contributed by atoms with Crippen molar-refractivity contribution in [1.29, 1.82) is 0 Å². The zero-order chi connectivity index (χ0) is 21.1. The summed E-state index contributed by atoms with van der Waals surface area (Å²) >= 11 is 6.33. The lowest BCUT2D eigenvalue weighted by Gasteiger charge is -2.31. The van der Waals surface area contributed by atoms with E-state index in [2.05, 4.69) is 53.1 Å². The lowest BCUT2D eigenvalue weighted by Crippen LogP contribution is -2.31. The molecule has 4 rings (SSSR count). The molecule has 1 aliphatic heterocycles. The lowest BCUT2D eigenvalue weighted by molar-refractivity contribution is 0.124. The van der Waals surface area contributed by atoms with Crippen LogP contribution in [0.25, 0.3) is 0 Å². The molecule has 0 spiro atoms. The molecule has 1 aliphatic rings. The van der Waals surface area contributed by atoms with Gasteiger partial charge in [-0.05, 0) is 47.9 Å². The van der Waals surface area contributed by atoms with E-state index in [4.69, 9.17) is 16.3 Å². The van der Waals surface area contributed by atoms with Crippen LogP contribution in [0, 0.1) is 12.7 Å². The summed E-state index contributed by atoms with van der Waals surface area (Å²) in [4.78, 5) is 4.74. The normalized spacial score (nSPS) is 17.4. The molecule has 30 heavy (non-hydrogen) atoms. The van der Waals surface area contributed by atoms with Crippen LogP contribution in [-0.2, 0) is 13.1 Å². The van der Waals surface area contributed by atoms with Gasteiger partial charge in [0.25, 0.3) is 0 Å². The topological polar surface area (TPSA) is 15.7 Å².